The smallest absolute Gasteiger partial charge is 0.224 e. The number of carbonyl (C=O) groups excluding carboxylic acids is 1. The lowest BCUT2D eigenvalue weighted by Gasteiger charge is -2.34. The molecule has 1 aliphatic rings. The average molecular weight is 256 g/mol. The summed E-state index contributed by atoms with van der Waals surface area (Å²) in [6.45, 7) is 6.88. The second-order valence-corrected chi connectivity index (χ2v) is 5.91. The van der Waals surface area contributed by atoms with Crippen LogP contribution in [0.3, 0.4) is 0 Å². The molecule has 0 aliphatic heterocycles. The maximum atomic E-state index is 12.3. The monoisotopic (exact) mass is 256 g/mol. The van der Waals surface area contributed by atoms with Gasteiger partial charge in [0.05, 0.1) is 18.6 Å². The van der Waals surface area contributed by atoms with E-state index in [-0.39, 0.29) is 23.9 Å². The summed E-state index contributed by atoms with van der Waals surface area (Å²) in [6, 6.07) is 0.0704. The van der Waals surface area contributed by atoms with Crippen molar-refractivity contribution in [2.75, 3.05) is 13.7 Å². The number of ether oxygens (including phenoxy) is 1. The standard InChI is InChI=1S/C14H28N2O2/c1-9(2)12(8-18-4)16-14(17)11-7-5-6-10(3)13(11)15/h9-13H,5-8,15H2,1-4H3,(H,16,17). The fourth-order valence-corrected chi connectivity index (χ4v) is 2.62. The van der Waals surface area contributed by atoms with Crippen LogP contribution in [0.2, 0.25) is 0 Å². The third-order valence-electron chi connectivity index (χ3n) is 4.11. The summed E-state index contributed by atoms with van der Waals surface area (Å²) in [4.78, 5) is 12.3. The third kappa shape index (κ3) is 3.95. The number of hydrogen-bond donors (Lipinski definition) is 2. The summed E-state index contributed by atoms with van der Waals surface area (Å²) in [5, 5.41) is 3.09. The van der Waals surface area contributed by atoms with E-state index in [1.54, 1.807) is 7.11 Å². The zero-order chi connectivity index (χ0) is 13.7. The Morgan fingerprint density at radius 1 is 1.44 bits per heavy atom. The van der Waals surface area contributed by atoms with Crippen LogP contribution in [-0.2, 0) is 9.53 Å². The zero-order valence-corrected chi connectivity index (χ0v) is 12.1. The van der Waals surface area contributed by atoms with E-state index in [1.165, 1.54) is 0 Å². The van der Waals surface area contributed by atoms with E-state index in [2.05, 4.69) is 26.1 Å². The lowest BCUT2D eigenvalue weighted by atomic mass is 9.77. The van der Waals surface area contributed by atoms with Crippen molar-refractivity contribution in [3.8, 4) is 0 Å². The molecule has 0 aromatic heterocycles. The molecular weight excluding hydrogens is 228 g/mol. The quantitative estimate of drug-likeness (QED) is 0.784. The van der Waals surface area contributed by atoms with Crippen molar-refractivity contribution in [3.05, 3.63) is 0 Å². The van der Waals surface area contributed by atoms with Gasteiger partial charge in [0.25, 0.3) is 0 Å². The van der Waals surface area contributed by atoms with Crippen LogP contribution in [0, 0.1) is 17.8 Å². The van der Waals surface area contributed by atoms with E-state index >= 15 is 0 Å². The average Bonchev–Trinajstić information content (AvgIpc) is 2.31. The van der Waals surface area contributed by atoms with Gasteiger partial charge >= 0.3 is 0 Å². The topological polar surface area (TPSA) is 64.3 Å². The summed E-state index contributed by atoms with van der Waals surface area (Å²) < 4.78 is 5.16. The van der Waals surface area contributed by atoms with Gasteiger partial charge in [0.15, 0.2) is 0 Å². The molecular formula is C14H28N2O2. The summed E-state index contributed by atoms with van der Waals surface area (Å²) >= 11 is 0. The fraction of sp³-hybridized carbons (Fsp3) is 0.929. The molecule has 0 spiro atoms. The highest BCUT2D eigenvalue weighted by Gasteiger charge is 2.33. The molecule has 4 nitrogen and oxygen atoms in total. The first-order valence-electron chi connectivity index (χ1n) is 7.02. The molecule has 1 rings (SSSR count). The molecule has 0 heterocycles. The van der Waals surface area contributed by atoms with Gasteiger partial charge in [0.2, 0.25) is 5.91 Å². The van der Waals surface area contributed by atoms with Crippen LogP contribution < -0.4 is 11.1 Å². The first-order valence-corrected chi connectivity index (χ1v) is 7.02. The molecule has 0 saturated heterocycles. The summed E-state index contributed by atoms with van der Waals surface area (Å²) in [5.41, 5.74) is 6.16. The van der Waals surface area contributed by atoms with Gasteiger partial charge in [0.1, 0.15) is 0 Å². The number of hydrogen-bond acceptors (Lipinski definition) is 3. The fourth-order valence-electron chi connectivity index (χ4n) is 2.62. The van der Waals surface area contributed by atoms with Gasteiger partial charge < -0.3 is 15.8 Å². The van der Waals surface area contributed by atoms with E-state index in [0.29, 0.717) is 18.4 Å². The van der Waals surface area contributed by atoms with Crippen LogP contribution in [0.25, 0.3) is 0 Å². The van der Waals surface area contributed by atoms with Gasteiger partial charge in [-0.05, 0) is 24.7 Å². The van der Waals surface area contributed by atoms with Crippen LogP contribution >= 0.6 is 0 Å². The van der Waals surface area contributed by atoms with Crippen LogP contribution in [0.15, 0.2) is 0 Å². The highest BCUT2D eigenvalue weighted by Crippen LogP contribution is 2.28. The molecule has 4 heteroatoms. The Bertz CT molecular complexity index is 269. The number of nitrogens with two attached hydrogens (primary N) is 1. The SMILES string of the molecule is COCC(NC(=O)C1CCCC(C)C1N)C(C)C. The van der Waals surface area contributed by atoms with E-state index in [9.17, 15) is 4.79 Å². The lowest BCUT2D eigenvalue weighted by molar-refractivity contribution is -0.128. The summed E-state index contributed by atoms with van der Waals surface area (Å²) in [7, 11) is 1.66. The van der Waals surface area contributed by atoms with Gasteiger partial charge in [-0.25, -0.2) is 0 Å². The van der Waals surface area contributed by atoms with Crippen molar-refractivity contribution < 1.29 is 9.53 Å². The Labute approximate surface area is 111 Å². The highest BCUT2D eigenvalue weighted by atomic mass is 16.5. The van der Waals surface area contributed by atoms with Crippen LogP contribution in [0.4, 0.5) is 0 Å². The number of rotatable bonds is 5. The molecule has 0 radical (unpaired) electrons. The molecule has 1 amide bonds. The van der Waals surface area contributed by atoms with Gasteiger partial charge in [-0.15, -0.1) is 0 Å². The lowest BCUT2D eigenvalue weighted by Crippen LogP contribution is -2.51. The van der Waals surface area contributed by atoms with Gasteiger partial charge in [-0.3, -0.25) is 4.79 Å². The Hall–Kier alpha value is -0.610. The minimum absolute atomic E-state index is 0.00546. The van der Waals surface area contributed by atoms with Crippen molar-refractivity contribution in [1.82, 2.24) is 5.32 Å². The van der Waals surface area contributed by atoms with Gasteiger partial charge in [0, 0.05) is 13.2 Å². The number of carbonyl (C=O) groups is 1. The molecule has 3 N–H and O–H groups in total. The van der Waals surface area contributed by atoms with Crippen LogP contribution in [-0.4, -0.2) is 31.7 Å². The molecule has 1 fully saturated rings. The highest BCUT2D eigenvalue weighted by molar-refractivity contribution is 5.79. The molecule has 0 bridgehead atoms. The molecule has 106 valence electrons. The van der Waals surface area contributed by atoms with Crippen molar-refractivity contribution in [3.63, 3.8) is 0 Å². The van der Waals surface area contributed by atoms with Crippen LogP contribution in [0.1, 0.15) is 40.0 Å². The minimum atomic E-state index is -0.0353. The molecule has 0 aromatic carbocycles. The number of amides is 1. The second-order valence-electron chi connectivity index (χ2n) is 5.91. The van der Waals surface area contributed by atoms with E-state index < -0.39 is 0 Å². The molecule has 0 aromatic rings. The molecule has 4 unspecified atom stereocenters. The Morgan fingerprint density at radius 2 is 2.11 bits per heavy atom. The van der Waals surface area contributed by atoms with Crippen molar-refractivity contribution >= 4 is 5.91 Å². The van der Waals surface area contributed by atoms with Crippen LogP contribution in [0.5, 0.6) is 0 Å². The van der Waals surface area contributed by atoms with Gasteiger partial charge in [-0.2, -0.15) is 0 Å². The van der Waals surface area contributed by atoms with Gasteiger partial charge in [-0.1, -0.05) is 27.2 Å². The molecule has 1 saturated carbocycles. The summed E-state index contributed by atoms with van der Waals surface area (Å²) in [5.74, 6) is 0.872. The van der Waals surface area contributed by atoms with E-state index in [4.69, 9.17) is 10.5 Å². The molecule has 4 atom stereocenters. The number of methoxy groups -OCH3 is 1. The largest absolute Gasteiger partial charge is 0.383 e. The Morgan fingerprint density at radius 3 is 2.67 bits per heavy atom. The first-order chi connectivity index (χ1) is 8.47. The summed E-state index contributed by atoms with van der Waals surface area (Å²) in [6.07, 6.45) is 3.15. The Balaban J connectivity index is 2.57. The third-order valence-corrected chi connectivity index (χ3v) is 4.11. The zero-order valence-electron chi connectivity index (χ0n) is 12.1. The molecule has 1 aliphatic carbocycles. The van der Waals surface area contributed by atoms with E-state index in [0.717, 1.165) is 19.3 Å². The maximum absolute atomic E-state index is 12.3. The van der Waals surface area contributed by atoms with Crippen molar-refractivity contribution in [1.29, 1.82) is 0 Å². The number of nitrogens with one attached hydrogen (secondary N) is 1. The van der Waals surface area contributed by atoms with E-state index in [1.807, 2.05) is 0 Å². The normalized spacial score (nSPS) is 30.2. The predicted octanol–water partition coefficient (Wildman–Crippen LogP) is 1.54. The molecule has 18 heavy (non-hydrogen) atoms. The maximum Gasteiger partial charge on any atom is 0.224 e. The minimum Gasteiger partial charge on any atom is -0.383 e. The Kier molecular flexibility index (Phi) is 6.09. The first kappa shape index (κ1) is 15.4. The second kappa shape index (κ2) is 7.10. The van der Waals surface area contributed by atoms with Crippen molar-refractivity contribution in [2.24, 2.45) is 23.5 Å². The predicted molar refractivity (Wildman–Crippen MR) is 73.1 cm³/mol. The van der Waals surface area contributed by atoms with Crippen molar-refractivity contribution in [2.45, 2.75) is 52.1 Å².